The minimum Gasteiger partial charge on any atom is -0.416 e. The molecular weight excluding hydrogens is 546 g/mol. The Bertz CT molecular complexity index is 1560. The molecule has 0 amide bonds. The van der Waals surface area contributed by atoms with Crippen molar-refractivity contribution in [3.8, 4) is 45.2 Å². The molecule has 0 radical (unpaired) electrons. The molecule has 1 aromatic heterocycles. The van der Waals surface area contributed by atoms with Crippen LogP contribution in [0.5, 0.6) is 0 Å². The second kappa shape index (κ2) is 9.57. The van der Waals surface area contributed by atoms with Crippen molar-refractivity contribution in [3.05, 3.63) is 107 Å². The summed E-state index contributed by atoms with van der Waals surface area (Å²) in [5, 5.41) is 7.57. The Labute approximate surface area is 211 Å². The molecule has 0 saturated carbocycles. The molecule has 0 fully saturated rings. The fourth-order valence-corrected chi connectivity index (χ4v) is 3.73. The highest BCUT2D eigenvalue weighted by molar-refractivity contribution is 5.70. The molecule has 0 atom stereocenters. The van der Waals surface area contributed by atoms with Gasteiger partial charge in [0, 0.05) is 11.1 Å². The Morgan fingerprint density at radius 3 is 0.846 bits per heavy atom. The molecule has 0 N–H and O–H groups in total. The Morgan fingerprint density at radius 1 is 0.333 bits per heavy atom. The van der Waals surface area contributed by atoms with E-state index in [1.807, 2.05) is 0 Å². The van der Waals surface area contributed by atoms with Gasteiger partial charge in [-0.15, -0.1) is 10.2 Å². The van der Waals surface area contributed by atoms with E-state index in [2.05, 4.69) is 10.2 Å². The molecule has 198 valence electrons. The maximum Gasteiger partial charge on any atom is 0.248 e. The van der Waals surface area contributed by atoms with Gasteiger partial charge >= 0.3 is 0 Å². The predicted molar refractivity (Wildman–Crippen MR) is 116 cm³/mol. The van der Waals surface area contributed by atoms with Gasteiger partial charge in [0.25, 0.3) is 0 Å². The highest BCUT2D eigenvalue weighted by Crippen LogP contribution is 2.35. The van der Waals surface area contributed by atoms with Gasteiger partial charge in [-0.3, -0.25) is 0 Å². The summed E-state index contributed by atoms with van der Waals surface area (Å²) in [6, 6.07) is 9.14. The molecule has 3 nitrogen and oxygen atoms in total. The lowest BCUT2D eigenvalue weighted by molar-refractivity contribution is 0.381. The van der Waals surface area contributed by atoms with Crippen molar-refractivity contribution in [2.24, 2.45) is 0 Å². The topological polar surface area (TPSA) is 38.9 Å². The van der Waals surface area contributed by atoms with Crippen LogP contribution in [-0.4, -0.2) is 10.2 Å². The second-order valence-electron chi connectivity index (χ2n) is 7.96. The SMILES string of the molecule is Fc1c(F)c(F)c(-c2ccc(-c3nnc(-c4ccc(-c5c(F)c(F)c(F)c(F)c5F)cc4)o3)cc2)c(F)c1F. The number of aromatic nitrogens is 2. The third kappa shape index (κ3) is 4.19. The van der Waals surface area contributed by atoms with E-state index in [0.717, 1.165) is 24.3 Å². The molecule has 0 spiro atoms. The predicted octanol–water partition coefficient (Wildman–Crippen LogP) is 8.13. The van der Waals surface area contributed by atoms with Crippen molar-refractivity contribution < 1.29 is 48.3 Å². The smallest absolute Gasteiger partial charge is 0.248 e. The van der Waals surface area contributed by atoms with Gasteiger partial charge in [-0.25, -0.2) is 43.9 Å². The fourth-order valence-electron chi connectivity index (χ4n) is 3.73. The van der Waals surface area contributed by atoms with Crippen LogP contribution in [0.2, 0.25) is 0 Å². The van der Waals surface area contributed by atoms with E-state index >= 15 is 0 Å². The fraction of sp³-hybridized carbons (Fsp3) is 0. The highest BCUT2D eigenvalue weighted by Gasteiger charge is 2.28. The Kier molecular flexibility index (Phi) is 6.36. The van der Waals surface area contributed by atoms with E-state index < -0.39 is 69.3 Å². The summed E-state index contributed by atoms with van der Waals surface area (Å²) in [5.41, 5.74) is -2.51. The summed E-state index contributed by atoms with van der Waals surface area (Å²) in [6.07, 6.45) is 0. The zero-order valence-electron chi connectivity index (χ0n) is 18.7. The van der Waals surface area contributed by atoms with Gasteiger partial charge in [0.15, 0.2) is 46.5 Å². The lowest BCUT2D eigenvalue weighted by Gasteiger charge is -2.09. The third-order valence-electron chi connectivity index (χ3n) is 5.69. The average molecular weight is 554 g/mol. The maximum atomic E-state index is 14.1. The van der Waals surface area contributed by atoms with Crippen molar-refractivity contribution in [2.45, 2.75) is 0 Å². The van der Waals surface area contributed by atoms with E-state index in [4.69, 9.17) is 4.42 Å². The number of benzene rings is 4. The van der Waals surface area contributed by atoms with Gasteiger partial charge in [-0.05, 0) is 35.4 Å². The van der Waals surface area contributed by atoms with Crippen molar-refractivity contribution >= 4 is 0 Å². The van der Waals surface area contributed by atoms with Crippen LogP contribution in [0, 0.1) is 58.2 Å². The molecule has 39 heavy (non-hydrogen) atoms. The number of nitrogens with zero attached hydrogens (tertiary/aromatic N) is 2. The zero-order chi connectivity index (χ0) is 28.2. The molecular formula is C26H8F10N2O. The first-order valence-electron chi connectivity index (χ1n) is 10.6. The van der Waals surface area contributed by atoms with Gasteiger partial charge in [0.1, 0.15) is 0 Å². The van der Waals surface area contributed by atoms with E-state index in [9.17, 15) is 43.9 Å². The van der Waals surface area contributed by atoms with E-state index in [1.54, 1.807) is 0 Å². The van der Waals surface area contributed by atoms with Crippen molar-refractivity contribution in [2.75, 3.05) is 0 Å². The summed E-state index contributed by atoms with van der Waals surface area (Å²) in [5.74, 6) is -21.2. The molecule has 0 bridgehead atoms. The minimum absolute atomic E-state index is 0.127. The van der Waals surface area contributed by atoms with Gasteiger partial charge in [-0.1, -0.05) is 24.3 Å². The maximum absolute atomic E-state index is 14.1. The second-order valence-corrected chi connectivity index (χ2v) is 7.96. The Hall–Kier alpha value is -4.68. The molecule has 1 heterocycles. The molecule has 0 aliphatic heterocycles. The quantitative estimate of drug-likeness (QED) is 0.128. The van der Waals surface area contributed by atoms with Crippen LogP contribution in [-0.2, 0) is 0 Å². The zero-order valence-corrected chi connectivity index (χ0v) is 18.7. The molecule has 0 aliphatic rings. The summed E-state index contributed by atoms with van der Waals surface area (Å²) in [6.45, 7) is 0. The number of halogens is 10. The molecule has 5 rings (SSSR count). The van der Waals surface area contributed by atoms with E-state index in [1.165, 1.54) is 24.3 Å². The molecule has 0 unspecified atom stereocenters. The van der Waals surface area contributed by atoms with Crippen LogP contribution in [0.1, 0.15) is 0 Å². The standard InChI is InChI=1S/C26H8F10N2O/c27-15-13(16(28)20(32)23(35)19(15)31)9-1-5-11(6-2-9)25-37-38-26(39-25)12-7-3-10(4-8-12)14-17(29)21(33)24(36)22(34)18(14)30/h1-8H. The summed E-state index contributed by atoms with van der Waals surface area (Å²) >= 11 is 0. The summed E-state index contributed by atoms with van der Waals surface area (Å²) in [4.78, 5) is 0. The van der Waals surface area contributed by atoms with Crippen LogP contribution in [0.15, 0.2) is 52.9 Å². The lowest BCUT2D eigenvalue weighted by Crippen LogP contribution is -2.03. The lowest BCUT2D eigenvalue weighted by atomic mass is 10.0. The first kappa shape index (κ1) is 25.9. The first-order valence-corrected chi connectivity index (χ1v) is 10.6. The number of hydrogen-bond donors (Lipinski definition) is 0. The van der Waals surface area contributed by atoms with Crippen molar-refractivity contribution in [3.63, 3.8) is 0 Å². The molecule has 0 saturated heterocycles. The van der Waals surface area contributed by atoms with Crippen LogP contribution in [0.3, 0.4) is 0 Å². The summed E-state index contributed by atoms with van der Waals surface area (Å²) < 4.78 is 143. The average Bonchev–Trinajstić information content (AvgIpc) is 3.44. The van der Waals surface area contributed by atoms with Gasteiger partial charge < -0.3 is 4.42 Å². The normalized spacial score (nSPS) is 11.3. The summed E-state index contributed by atoms with van der Waals surface area (Å²) in [7, 11) is 0. The number of hydrogen-bond acceptors (Lipinski definition) is 3. The van der Waals surface area contributed by atoms with Crippen LogP contribution in [0.4, 0.5) is 43.9 Å². The van der Waals surface area contributed by atoms with Crippen molar-refractivity contribution in [1.82, 2.24) is 10.2 Å². The molecule has 13 heteroatoms. The molecule has 0 aliphatic carbocycles. The van der Waals surface area contributed by atoms with Crippen LogP contribution >= 0.6 is 0 Å². The first-order chi connectivity index (χ1) is 18.5. The van der Waals surface area contributed by atoms with Crippen LogP contribution < -0.4 is 0 Å². The monoisotopic (exact) mass is 554 g/mol. The molecule has 5 aromatic rings. The third-order valence-corrected chi connectivity index (χ3v) is 5.69. The van der Waals surface area contributed by atoms with Crippen molar-refractivity contribution in [1.29, 1.82) is 0 Å². The minimum atomic E-state index is -2.29. The van der Waals surface area contributed by atoms with E-state index in [0.29, 0.717) is 0 Å². The van der Waals surface area contributed by atoms with Gasteiger partial charge in [0.05, 0.1) is 11.1 Å². The van der Waals surface area contributed by atoms with Gasteiger partial charge in [-0.2, -0.15) is 0 Å². The molecule has 4 aromatic carbocycles. The highest BCUT2D eigenvalue weighted by atomic mass is 19.2. The Balaban J connectivity index is 1.43. The van der Waals surface area contributed by atoms with E-state index in [-0.39, 0.29) is 34.0 Å². The van der Waals surface area contributed by atoms with Crippen LogP contribution in [0.25, 0.3) is 45.2 Å². The Morgan fingerprint density at radius 2 is 0.564 bits per heavy atom. The largest absolute Gasteiger partial charge is 0.416 e. The van der Waals surface area contributed by atoms with Gasteiger partial charge in [0.2, 0.25) is 23.4 Å². The number of rotatable bonds is 4.